The van der Waals surface area contributed by atoms with Gasteiger partial charge in [-0.25, -0.2) is 0 Å². The fraction of sp³-hybridized carbons (Fsp3) is 0.455. The number of hydrogen-bond acceptors (Lipinski definition) is 2. The number of nitrogens with two attached hydrogens (primary N) is 1. The van der Waals surface area contributed by atoms with E-state index < -0.39 is 0 Å². The normalized spacial score (nSPS) is 25.6. The van der Waals surface area contributed by atoms with Gasteiger partial charge in [-0.15, -0.1) is 0 Å². The minimum atomic E-state index is 0.335. The summed E-state index contributed by atoms with van der Waals surface area (Å²) in [5, 5.41) is 0.720. The van der Waals surface area contributed by atoms with Gasteiger partial charge in [-0.1, -0.05) is 17.7 Å². The average Bonchev–Trinajstić information content (AvgIpc) is 2.10. The minimum absolute atomic E-state index is 0.335. The maximum absolute atomic E-state index is 5.85. The monoisotopic (exact) mass is 211 g/mol. The standard InChI is InChI=1S/C11H14ClNO/c12-9-2-1-3-10(6-9)14-11-4-8(5-11)7-13/h1-3,6,8,11H,4-5,7,13H2. The first kappa shape index (κ1) is 9.81. The van der Waals surface area contributed by atoms with Crippen LogP contribution in [0.25, 0.3) is 0 Å². The molecule has 2 nitrogen and oxygen atoms in total. The van der Waals surface area contributed by atoms with Crippen molar-refractivity contribution in [3.05, 3.63) is 29.3 Å². The third kappa shape index (κ3) is 2.20. The molecule has 2 N–H and O–H groups in total. The van der Waals surface area contributed by atoms with E-state index in [2.05, 4.69) is 0 Å². The van der Waals surface area contributed by atoms with Crippen LogP contribution in [0.1, 0.15) is 12.8 Å². The highest BCUT2D eigenvalue weighted by molar-refractivity contribution is 6.30. The van der Waals surface area contributed by atoms with Crippen molar-refractivity contribution in [3.8, 4) is 5.75 Å². The van der Waals surface area contributed by atoms with Gasteiger partial charge < -0.3 is 10.5 Å². The minimum Gasteiger partial charge on any atom is -0.490 e. The molecule has 1 saturated carbocycles. The van der Waals surface area contributed by atoms with Crippen molar-refractivity contribution < 1.29 is 4.74 Å². The van der Waals surface area contributed by atoms with E-state index in [1.54, 1.807) is 0 Å². The molecule has 0 radical (unpaired) electrons. The first-order valence-electron chi connectivity index (χ1n) is 4.90. The summed E-state index contributed by atoms with van der Waals surface area (Å²) in [5.74, 6) is 1.51. The van der Waals surface area contributed by atoms with Crippen molar-refractivity contribution in [3.63, 3.8) is 0 Å². The fourth-order valence-electron chi connectivity index (χ4n) is 1.70. The smallest absolute Gasteiger partial charge is 0.121 e. The van der Waals surface area contributed by atoms with E-state index in [-0.39, 0.29) is 0 Å². The summed E-state index contributed by atoms with van der Waals surface area (Å²) >= 11 is 5.85. The van der Waals surface area contributed by atoms with Crippen molar-refractivity contribution >= 4 is 11.6 Å². The zero-order chi connectivity index (χ0) is 9.97. The van der Waals surface area contributed by atoms with Gasteiger partial charge in [0.25, 0.3) is 0 Å². The summed E-state index contributed by atoms with van der Waals surface area (Å²) in [5.41, 5.74) is 5.54. The van der Waals surface area contributed by atoms with E-state index >= 15 is 0 Å². The van der Waals surface area contributed by atoms with Crippen LogP contribution in [0.15, 0.2) is 24.3 Å². The molecule has 0 spiro atoms. The van der Waals surface area contributed by atoms with E-state index in [9.17, 15) is 0 Å². The molecule has 1 aliphatic carbocycles. The predicted molar refractivity (Wildman–Crippen MR) is 57.6 cm³/mol. The SMILES string of the molecule is NCC1CC(Oc2cccc(Cl)c2)C1. The lowest BCUT2D eigenvalue weighted by molar-refractivity contribution is 0.0691. The van der Waals surface area contributed by atoms with Crippen molar-refractivity contribution in [2.24, 2.45) is 11.7 Å². The Hall–Kier alpha value is -0.730. The molecule has 1 aromatic rings. The predicted octanol–water partition coefficient (Wildman–Crippen LogP) is 2.46. The van der Waals surface area contributed by atoms with Crippen LogP contribution in [0.3, 0.4) is 0 Å². The highest BCUT2D eigenvalue weighted by Gasteiger charge is 2.29. The van der Waals surface area contributed by atoms with E-state index in [1.165, 1.54) is 0 Å². The molecule has 1 aromatic carbocycles. The van der Waals surface area contributed by atoms with Crippen LogP contribution in [0.4, 0.5) is 0 Å². The average molecular weight is 212 g/mol. The second-order valence-corrected chi connectivity index (χ2v) is 4.21. The molecule has 0 unspecified atom stereocenters. The zero-order valence-electron chi connectivity index (χ0n) is 7.95. The molecule has 0 aromatic heterocycles. The molecule has 0 atom stereocenters. The lowest BCUT2D eigenvalue weighted by Crippen LogP contribution is -2.37. The summed E-state index contributed by atoms with van der Waals surface area (Å²) in [6.07, 6.45) is 2.48. The van der Waals surface area contributed by atoms with Crippen molar-refractivity contribution in [1.29, 1.82) is 0 Å². The number of halogens is 1. The first-order valence-corrected chi connectivity index (χ1v) is 5.28. The van der Waals surface area contributed by atoms with Crippen LogP contribution in [0, 0.1) is 5.92 Å². The Kier molecular flexibility index (Phi) is 2.94. The third-order valence-corrected chi connectivity index (χ3v) is 2.86. The summed E-state index contributed by atoms with van der Waals surface area (Å²) < 4.78 is 5.72. The van der Waals surface area contributed by atoms with Crippen LogP contribution in [-0.4, -0.2) is 12.6 Å². The second kappa shape index (κ2) is 4.20. The van der Waals surface area contributed by atoms with E-state index in [1.807, 2.05) is 24.3 Å². The number of rotatable bonds is 3. The van der Waals surface area contributed by atoms with Gasteiger partial charge in [0.1, 0.15) is 5.75 Å². The number of benzene rings is 1. The van der Waals surface area contributed by atoms with Gasteiger partial charge in [-0.3, -0.25) is 0 Å². The van der Waals surface area contributed by atoms with Gasteiger partial charge >= 0.3 is 0 Å². The van der Waals surface area contributed by atoms with Crippen LogP contribution >= 0.6 is 11.6 Å². The molecule has 1 aliphatic rings. The van der Waals surface area contributed by atoms with Crippen LogP contribution in [-0.2, 0) is 0 Å². The molecule has 0 aliphatic heterocycles. The van der Waals surface area contributed by atoms with E-state index in [0.29, 0.717) is 12.0 Å². The van der Waals surface area contributed by atoms with E-state index in [0.717, 1.165) is 30.2 Å². The van der Waals surface area contributed by atoms with Crippen LogP contribution in [0.2, 0.25) is 5.02 Å². The van der Waals surface area contributed by atoms with Crippen molar-refractivity contribution in [2.45, 2.75) is 18.9 Å². The second-order valence-electron chi connectivity index (χ2n) is 3.77. The van der Waals surface area contributed by atoms with Crippen molar-refractivity contribution in [2.75, 3.05) is 6.54 Å². The van der Waals surface area contributed by atoms with Gasteiger partial charge in [0.2, 0.25) is 0 Å². The highest BCUT2D eigenvalue weighted by atomic mass is 35.5. The summed E-state index contributed by atoms with van der Waals surface area (Å²) in [7, 11) is 0. The summed E-state index contributed by atoms with van der Waals surface area (Å²) in [6, 6.07) is 7.52. The largest absolute Gasteiger partial charge is 0.490 e. The quantitative estimate of drug-likeness (QED) is 0.834. The Bertz CT molecular complexity index is 310. The Morgan fingerprint density at radius 3 is 2.86 bits per heavy atom. The van der Waals surface area contributed by atoms with Gasteiger partial charge in [-0.2, -0.15) is 0 Å². The molecular weight excluding hydrogens is 198 g/mol. The lowest BCUT2D eigenvalue weighted by atomic mass is 9.82. The molecular formula is C11H14ClNO. The summed E-state index contributed by atoms with van der Waals surface area (Å²) in [4.78, 5) is 0. The van der Waals surface area contributed by atoms with E-state index in [4.69, 9.17) is 22.1 Å². The Labute approximate surface area is 89.0 Å². The van der Waals surface area contributed by atoms with Gasteiger partial charge in [0, 0.05) is 5.02 Å². The first-order chi connectivity index (χ1) is 6.78. The summed E-state index contributed by atoms with van der Waals surface area (Å²) in [6.45, 7) is 0.773. The lowest BCUT2D eigenvalue weighted by Gasteiger charge is -2.34. The molecule has 0 amide bonds. The highest BCUT2D eigenvalue weighted by Crippen LogP contribution is 2.31. The molecule has 0 saturated heterocycles. The maximum atomic E-state index is 5.85. The maximum Gasteiger partial charge on any atom is 0.121 e. The molecule has 1 fully saturated rings. The molecule has 76 valence electrons. The zero-order valence-corrected chi connectivity index (χ0v) is 8.70. The molecule has 0 heterocycles. The Balaban J connectivity index is 1.87. The Morgan fingerprint density at radius 2 is 2.21 bits per heavy atom. The van der Waals surface area contributed by atoms with Crippen LogP contribution in [0.5, 0.6) is 5.75 Å². The van der Waals surface area contributed by atoms with Gasteiger partial charge in [-0.05, 0) is 43.5 Å². The van der Waals surface area contributed by atoms with Gasteiger partial charge in [0.05, 0.1) is 6.10 Å². The van der Waals surface area contributed by atoms with Crippen molar-refractivity contribution in [1.82, 2.24) is 0 Å². The van der Waals surface area contributed by atoms with Gasteiger partial charge in [0.15, 0.2) is 0 Å². The van der Waals surface area contributed by atoms with Crippen LogP contribution < -0.4 is 10.5 Å². The topological polar surface area (TPSA) is 35.2 Å². The fourth-order valence-corrected chi connectivity index (χ4v) is 1.88. The molecule has 2 rings (SSSR count). The Morgan fingerprint density at radius 1 is 1.43 bits per heavy atom. The molecule has 14 heavy (non-hydrogen) atoms. The third-order valence-electron chi connectivity index (χ3n) is 2.62. The molecule has 0 bridgehead atoms. The number of ether oxygens (including phenoxy) is 1. The number of hydrogen-bond donors (Lipinski definition) is 1. The molecule has 3 heteroatoms.